The molecule has 1 amide bonds. The molecule has 3 heterocycles. The Balaban J connectivity index is 1.52. The fraction of sp³-hybridized carbons (Fsp3) is 0.529. The maximum atomic E-state index is 13.0. The molecule has 1 saturated carbocycles. The third kappa shape index (κ3) is 3.26. The number of ether oxygens (including phenoxy) is 1. The number of carbonyl (C=O) groups is 1. The van der Waals surface area contributed by atoms with Gasteiger partial charge in [-0.15, -0.1) is 0 Å². The molecular formula is C17H20FN5O2. The lowest BCUT2D eigenvalue weighted by atomic mass is 9.96. The van der Waals surface area contributed by atoms with E-state index >= 15 is 0 Å². The van der Waals surface area contributed by atoms with Crippen LogP contribution in [0.4, 0.5) is 4.39 Å². The number of nitrogens with one attached hydrogen (secondary N) is 1. The van der Waals surface area contributed by atoms with Crippen LogP contribution in [0.15, 0.2) is 18.3 Å². The van der Waals surface area contributed by atoms with Crippen LogP contribution >= 0.6 is 0 Å². The van der Waals surface area contributed by atoms with Gasteiger partial charge in [-0.05, 0) is 25.0 Å². The van der Waals surface area contributed by atoms with Gasteiger partial charge in [-0.2, -0.15) is 5.10 Å². The second kappa shape index (κ2) is 6.51. The van der Waals surface area contributed by atoms with Crippen molar-refractivity contribution in [1.29, 1.82) is 0 Å². The van der Waals surface area contributed by atoms with Gasteiger partial charge in [-0.3, -0.25) is 9.89 Å². The average Bonchev–Trinajstić information content (AvgIpc) is 3.20. The Morgan fingerprint density at radius 1 is 1.40 bits per heavy atom. The van der Waals surface area contributed by atoms with E-state index in [-0.39, 0.29) is 23.4 Å². The van der Waals surface area contributed by atoms with E-state index in [1.165, 1.54) is 12.1 Å². The van der Waals surface area contributed by atoms with E-state index in [4.69, 9.17) is 4.74 Å². The van der Waals surface area contributed by atoms with Crippen molar-refractivity contribution in [2.75, 3.05) is 26.8 Å². The maximum absolute atomic E-state index is 13.0. The smallest absolute Gasteiger partial charge is 0.272 e. The summed E-state index contributed by atoms with van der Waals surface area (Å²) in [6.07, 6.45) is 3.35. The van der Waals surface area contributed by atoms with E-state index in [0.717, 1.165) is 30.7 Å². The van der Waals surface area contributed by atoms with Gasteiger partial charge in [0.15, 0.2) is 5.82 Å². The molecule has 2 aliphatic rings. The fourth-order valence-corrected chi connectivity index (χ4v) is 3.37. The van der Waals surface area contributed by atoms with Crippen LogP contribution in [0.2, 0.25) is 0 Å². The fourth-order valence-electron chi connectivity index (χ4n) is 3.37. The number of likely N-dealkylation sites (tertiary alicyclic amines) is 1. The second-order valence-corrected chi connectivity index (χ2v) is 6.75. The van der Waals surface area contributed by atoms with Crippen molar-refractivity contribution in [3.8, 4) is 0 Å². The summed E-state index contributed by atoms with van der Waals surface area (Å²) >= 11 is 0. The SMILES string of the molecule is COCC1CN(C(=O)c2ccc(F)cn2)CC1c1nc(C2CC2)n[nH]1. The maximum Gasteiger partial charge on any atom is 0.272 e. The van der Waals surface area contributed by atoms with Crippen molar-refractivity contribution < 1.29 is 13.9 Å². The number of carbonyl (C=O) groups excluding carboxylic acids is 1. The zero-order valence-electron chi connectivity index (χ0n) is 14.0. The molecule has 2 aromatic rings. The third-order valence-electron chi connectivity index (χ3n) is 4.87. The molecule has 0 aromatic carbocycles. The Hall–Kier alpha value is -2.35. The quantitative estimate of drug-likeness (QED) is 0.892. The molecule has 0 bridgehead atoms. The predicted molar refractivity (Wildman–Crippen MR) is 86.6 cm³/mol. The van der Waals surface area contributed by atoms with Crippen LogP contribution < -0.4 is 0 Å². The molecule has 2 aromatic heterocycles. The molecule has 0 spiro atoms. The summed E-state index contributed by atoms with van der Waals surface area (Å²) in [4.78, 5) is 22.9. The minimum absolute atomic E-state index is 0.0457. The molecule has 2 unspecified atom stereocenters. The van der Waals surface area contributed by atoms with E-state index < -0.39 is 5.82 Å². The number of hydrogen-bond acceptors (Lipinski definition) is 5. The second-order valence-electron chi connectivity index (χ2n) is 6.75. The molecule has 2 fully saturated rings. The lowest BCUT2D eigenvalue weighted by molar-refractivity contribution is 0.0769. The van der Waals surface area contributed by atoms with Crippen molar-refractivity contribution in [3.05, 3.63) is 41.5 Å². The molecule has 4 rings (SSSR count). The van der Waals surface area contributed by atoms with Crippen LogP contribution in [0.25, 0.3) is 0 Å². The molecule has 1 aliphatic heterocycles. The van der Waals surface area contributed by atoms with Crippen molar-refractivity contribution >= 4 is 5.91 Å². The largest absolute Gasteiger partial charge is 0.384 e. The number of rotatable bonds is 5. The van der Waals surface area contributed by atoms with Gasteiger partial charge in [0.05, 0.1) is 12.8 Å². The molecule has 0 radical (unpaired) electrons. The van der Waals surface area contributed by atoms with Gasteiger partial charge in [0.2, 0.25) is 0 Å². The molecule has 1 aliphatic carbocycles. The van der Waals surface area contributed by atoms with E-state index in [1.54, 1.807) is 12.0 Å². The highest BCUT2D eigenvalue weighted by Crippen LogP contribution is 2.39. The number of pyridine rings is 1. The number of nitrogens with zero attached hydrogens (tertiary/aromatic N) is 4. The summed E-state index contributed by atoms with van der Waals surface area (Å²) in [7, 11) is 1.65. The minimum Gasteiger partial charge on any atom is -0.384 e. The Morgan fingerprint density at radius 2 is 2.24 bits per heavy atom. The number of amides is 1. The summed E-state index contributed by atoms with van der Waals surface area (Å²) in [5.41, 5.74) is 0.245. The molecule has 132 valence electrons. The Morgan fingerprint density at radius 3 is 2.92 bits per heavy atom. The molecule has 25 heavy (non-hydrogen) atoms. The highest BCUT2D eigenvalue weighted by molar-refractivity contribution is 5.92. The van der Waals surface area contributed by atoms with Crippen LogP contribution in [0.3, 0.4) is 0 Å². The minimum atomic E-state index is -0.456. The Bertz CT molecular complexity index is 759. The summed E-state index contributed by atoms with van der Waals surface area (Å²) in [5, 5.41) is 7.37. The first-order valence-electron chi connectivity index (χ1n) is 8.47. The predicted octanol–water partition coefficient (Wildman–Crippen LogP) is 1.72. The van der Waals surface area contributed by atoms with Gasteiger partial charge in [0.25, 0.3) is 5.91 Å². The summed E-state index contributed by atoms with van der Waals surface area (Å²) in [5.74, 6) is 1.68. The summed E-state index contributed by atoms with van der Waals surface area (Å²) in [6, 6.07) is 2.66. The van der Waals surface area contributed by atoms with Crippen molar-refractivity contribution in [2.24, 2.45) is 5.92 Å². The van der Waals surface area contributed by atoms with Gasteiger partial charge < -0.3 is 9.64 Å². The van der Waals surface area contributed by atoms with Gasteiger partial charge in [-0.1, -0.05) is 0 Å². The molecule has 1 saturated heterocycles. The Labute approximate surface area is 144 Å². The molecule has 1 N–H and O–H groups in total. The van der Waals surface area contributed by atoms with Gasteiger partial charge in [0.1, 0.15) is 17.3 Å². The average molecular weight is 345 g/mol. The first kappa shape index (κ1) is 16.1. The third-order valence-corrected chi connectivity index (χ3v) is 4.87. The normalized spacial score (nSPS) is 23.2. The van der Waals surface area contributed by atoms with Crippen LogP contribution in [-0.4, -0.2) is 57.8 Å². The molecular weight excluding hydrogens is 325 g/mol. The van der Waals surface area contributed by atoms with Gasteiger partial charge in [-0.25, -0.2) is 14.4 Å². The lowest BCUT2D eigenvalue weighted by Gasteiger charge is -2.15. The van der Waals surface area contributed by atoms with Crippen molar-refractivity contribution in [2.45, 2.75) is 24.7 Å². The highest BCUT2D eigenvalue weighted by atomic mass is 19.1. The number of halogens is 1. The van der Waals surface area contributed by atoms with Gasteiger partial charge in [0, 0.05) is 38.0 Å². The van der Waals surface area contributed by atoms with Gasteiger partial charge >= 0.3 is 0 Å². The zero-order valence-corrected chi connectivity index (χ0v) is 14.0. The first-order chi connectivity index (χ1) is 12.2. The van der Waals surface area contributed by atoms with Crippen LogP contribution in [-0.2, 0) is 4.74 Å². The topological polar surface area (TPSA) is 84.0 Å². The Kier molecular flexibility index (Phi) is 4.20. The standard InChI is InChI=1S/C17H20FN5O2/c1-25-9-11-7-23(17(24)14-5-4-12(18)6-19-14)8-13(11)16-20-15(21-22-16)10-2-3-10/h4-6,10-11,13H,2-3,7-9H2,1H3,(H,20,21,22). The van der Waals surface area contributed by atoms with E-state index in [0.29, 0.717) is 25.6 Å². The van der Waals surface area contributed by atoms with E-state index in [9.17, 15) is 9.18 Å². The van der Waals surface area contributed by atoms with Crippen LogP contribution in [0.1, 0.15) is 46.8 Å². The monoisotopic (exact) mass is 345 g/mol. The number of aromatic amines is 1. The van der Waals surface area contributed by atoms with Crippen LogP contribution in [0, 0.1) is 11.7 Å². The van der Waals surface area contributed by atoms with Crippen molar-refractivity contribution in [3.63, 3.8) is 0 Å². The highest BCUT2D eigenvalue weighted by Gasteiger charge is 2.39. The summed E-state index contributed by atoms with van der Waals surface area (Å²) < 4.78 is 18.4. The lowest BCUT2D eigenvalue weighted by Crippen LogP contribution is -2.30. The number of H-pyrrole nitrogens is 1. The number of methoxy groups -OCH3 is 1. The van der Waals surface area contributed by atoms with Crippen molar-refractivity contribution in [1.82, 2.24) is 25.1 Å². The number of hydrogen-bond donors (Lipinski definition) is 1. The number of aromatic nitrogens is 4. The molecule has 8 heteroatoms. The first-order valence-corrected chi connectivity index (χ1v) is 8.47. The van der Waals surface area contributed by atoms with E-state index in [2.05, 4.69) is 20.2 Å². The van der Waals surface area contributed by atoms with Crippen LogP contribution in [0.5, 0.6) is 0 Å². The summed E-state index contributed by atoms with van der Waals surface area (Å²) in [6.45, 7) is 1.60. The van der Waals surface area contributed by atoms with E-state index in [1.807, 2.05) is 0 Å². The molecule has 2 atom stereocenters. The zero-order chi connectivity index (χ0) is 17.4. The molecule has 7 nitrogen and oxygen atoms in total.